The normalized spacial score (nSPS) is 13.7. The summed E-state index contributed by atoms with van der Waals surface area (Å²) in [5, 5.41) is 10.8. The van der Waals surface area contributed by atoms with Crippen LogP contribution in [0.1, 0.15) is 18.6 Å². The predicted molar refractivity (Wildman–Crippen MR) is 40.0 cm³/mol. The van der Waals surface area contributed by atoms with Crippen LogP contribution in [0.5, 0.6) is 0 Å². The van der Waals surface area contributed by atoms with Gasteiger partial charge in [0.2, 0.25) is 0 Å². The molecule has 0 amide bonds. The van der Waals surface area contributed by atoms with Gasteiger partial charge < -0.3 is 5.11 Å². The second-order valence-corrected chi connectivity index (χ2v) is 3.40. The van der Waals surface area contributed by atoms with Gasteiger partial charge in [-0.3, -0.25) is 0 Å². The summed E-state index contributed by atoms with van der Waals surface area (Å²) in [6.45, 7) is 1.72. The molecule has 1 unspecified atom stereocenters. The average Bonchev–Trinajstić information content (AvgIpc) is 2.14. The largest absolute Gasteiger partial charge is 0.389 e. The Labute approximate surface area is 62.9 Å². The van der Waals surface area contributed by atoms with Crippen molar-refractivity contribution in [2.45, 2.75) is 13.0 Å². The third-order valence-corrected chi connectivity index (χ3v) is 2.18. The van der Waals surface area contributed by atoms with Crippen LogP contribution < -0.4 is 0 Å². The molecule has 3 heteroatoms. The van der Waals surface area contributed by atoms with E-state index in [1.807, 2.05) is 5.38 Å². The molecule has 1 heterocycles. The average molecular weight is 163 g/mol. The summed E-state index contributed by atoms with van der Waals surface area (Å²) < 4.78 is 0.728. The molecule has 0 bridgehead atoms. The Morgan fingerprint density at radius 3 is 2.67 bits per heavy atom. The lowest BCUT2D eigenvalue weighted by atomic mass is 10.2. The van der Waals surface area contributed by atoms with Crippen molar-refractivity contribution in [2.75, 3.05) is 0 Å². The van der Waals surface area contributed by atoms with Crippen molar-refractivity contribution in [1.29, 1.82) is 0 Å². The molecule has 0 radical (unpaired) electrons. The molecule has 0 saturated carbocycles. The molecule has 0 aliphatic heterocycles. The SMILES string of the molecule is CC(O)c1csc(Cl)c1. The molecule has 50 valence electrons. The molecular weight excluding hydrogens is 156 g/mol. The molecule has 0 aromatic carbocycles. The molecule has 1 aromatic heterocycles. The minimum Gasteiger partial charge on any atom is -0.389 e. The van der Waals surface area contributed by atoms with Crippen molar-refractivity contribution in [3.63, 3.8) is 0 Å². The van der Waals surface area contributed by atoms with Gasteiger partial charge in [0.15, 0.2) is 0 Å². The lowest BCUT2D eigenvalue weighted by Gasteiger charge is -1.95. The molecule has 1 N–H and O–H groups in total. The number of thiophene rings is 1. The minimum atomic E-state index is -0.395. The van der Waals surface area contributed by atoms with Gasteiger partial charge in [0, 0.05) is 0 Å². The van der Waals surface area contributed by atoms with Crippen LogP contribution in [0.25, 0.3) is 0 Å². The Morgan fingerprint density at radius 1 is 1.78 bits per heavy atom. The molecule has 0 fully saturated rings. The molecular formula is C6H7ClOS. The number of hydrogen-bond donors (Lipinski definition) is 1. The molecule has 1 aromatic rings. The number of aliphatic hydroxyl groups excluding tert-OH is 1. The van der Waals surface area contributed by atoms with E-state index in [1.54, 1.807) is 13.0 Å². The van der Waals surface area contributed by atoms with E-state index in [0.29, 0.717) is 0 Å². The summed E-state index contributed by atoms with van der Waals surface area (Å²) >= 11 is 7.05. The van der Waals surface area contributed by atoms with Gasteiger partial charge in [-0.2, -0.15) is 0 Å². The van der Waals surface area contributed by atoms with Gasteiger partial charge in [0.25, 0.3) is 0 Å². The zero-order valence-electron chi connectivity index (χ0n) is 4.97. The summed E-state index contributed by atoms with van der Waals surface area (Å²) in [6, 6.07) is 1.77. The van der Waals surface area contributed by atoms with Crippen molar-refractivity contribution in [3.8, 4) is 0 Å². The van der Waals surface area contributed by atoms with E-state index in [4.69, 9.17) is 16.7 Å². The minimum absolute atomic E-state index is 0.395. The second-order valence-electron chi connectivity index (χ2n) is 1.86. The molecule has 0 aliphatic rings. The number of halogens is 1. The highest BCUT2D eigenvalue weighted by Gasteiger charge is 2.01. The van der Waals surface area contributed by atoms with E-state index in [-0.39, 0.29) is 0 Å². The molecule has 9 heavy (non-hydrogen) atoms. The number of aliphatic hydroxyl groups is 1. The smallest absolute Gasteiger partial charge is 0.0932 e. The zero-order chi connectivity index (χ0) is 6.85. The number of hydrogen-bond acceptors (Lipinski definition) is 2. The van der Waals surface area contributed by atoms with Crippen molar-refractivity contribution >= 4 is 22.9 Å². The standard InChI is InChI=1S/C6H7ClOS/c1-4(8)5-2-6(7)9-3-5/h2-4,8H,1H3. The first-order valence-corrected chi connectivity index (χ1v) is 3.88. The number of rotatable bonds is 1. The Morgan fingerprint density at radius 2 is 2.44 bits per heavy atom. The van der Waals surface area contributed by atoms with Gasteiger partial charge in [0.05, 0.1) is 10.4 Å². The lowest BCUT2D eigenvalue weighted by Crippen LogP contribution is -1.84. The maximum atomic E-state index is 8.99. The fourth-order valence-corrected chi connectivity index (χ4v) is 1.52. The van der Waals surface area contributed by atoms with E-state index in [9.17, 15) is 0 Å². The molecule has 1 nitrogen and oxygen atoms in total. The van der Waals surface area contributed by atoms with Crippen LogP contribution in [-0.2, 0) is 0 Å². The quantitative estimate of drug-likeness (QED) is 0.673. The summed E-state index contributed by atoms with van der Waals surface area (Å²) in [5.41, 5.74) is 0.894. The first-order chi connectivity index (χ1) is 4.20. The predicted octanol–water partition coefficient (Wildman–Crippen LogP) is 2.45. The fourth-order valence-electron chi connectivity index (χ4n) is 0.542. The Balaban J connectivity index is 2.85. The van der Waals surface area contributed by atoms with Crippen molar-refractivity contribution in [3.05, 3.63) is 21.3 Å². The maximum absolute atomic E-state index is 8.99. The van der Waals surface area contributed by atoms with E-state index in [0.717, 1.165) is 9.90 Å². The summed E-state index contributed by atoms with van der Waals surface area (Å²) in [5.74, 6) is 0. The van der Waals surface area contributed by atoms with Gasteiger partial charge in [-0.05, 0) is 23.9 Å². The summed E-state index contributed by atoms with van der Waals surface area (Å²) in [4.78, 5) is 0. The van der Waals surface area contributed by atoms with Crippen LogP contribution in [0.2, 0.25) is 4.34 Å². The first kappa shape index (κ1) is 7.06. The monoisotopic (exact) mass is 162 g/mol. The Kier molecular flexibility index (Phi) is 2.11. The van der Waals surface area contributed by atoms with Gasteiger partial charge in [-0.1, -0.05) is 11.6 Å². The van der Waals surface area contributed by atoms with E-state index in [1.165, 1.54) is 11.3 Å². The third kappa shape index (κ3) is 1.68. The third-order valence-electron chi connectivity index (χ3n) is 1.07. The summed E-state index contributed by atoms with van der Waals surface area (Å²) in [7, 11) is 0. The van der Waals surface area contributed by atoms with Crippen LogP contribution in [0, 0.1) is 0 Å². The van der Waals surface area contributed by atoms with E-state index < -0.39 is 6.10 Å². The zero-order valence-corrected chi connectivity index (χ0v) is 6.54. The Bertz CT molecular complexity index is 195. The Hall–Kier alpha value is -0.0500. The van der Waals surface area contributed by atoms with Gasteiger partial charge in [0.1, 0.15) is 0 Å². The highest BCUT2D eigenvalue weighted by atomic mass is 35.5. The van der Waals surface area contributed by atoms with Crippen molar-refractivity contribution < 1.29 is 5.11 Å². The lowest BCUT2D eigenvalue weighted by molar-refractivity contribution is 0.200. The highest BCUT2D eigenvalue weighted by molar-refractivity contribution is 7.14. The first-order valence-electron chi connectivity index (χ1n) is 2.62. The molecule has 0 saturated heterocycles. The topological polar surface area (TPSA) is 20.2 Å². The van der Waals surface area contributed by atoms with E-state index >= 15 is 0 Å². The van der Waals surface area contributed by atoms with Crippen LogP contribution >= 0.6 is 22.9 Å². The van der Waals surface area contributed by atoms with Gasteiger partial charge >= 0.3 is 0 Å². The van der Waals surface area contributed by atoms with Crippen molar-refractivity contribution in [2.24, 2.45) is 0 Å². The molecule has 0 spiro atoms. The van der Waals surface area contributed by atoms with Crippen LogP contribution in [0.4, 0.5) is 0 Å². The van der Waals surface area contributed by atoms with Crippen molar-refractivity contribution in [1.82, 2.24) is 0 Å². The molecule has 0 aliphatic carbocycles. The maximum Gasteiger partial charge on any atom is 0.0932 e. The van der Waals surface area contributed by atoms with Gasteiger partial charge in [-0.25, -0.2) is 0 Å². The highest BCUT2D eigenvalue weighted by Crippen LogP contribution is 2.23. The summed E-state index contributed by atoms with van der Waals surface area (Å²) in [6.07, 6.45) is -0.395. The molecule has 1 atom stereocenters. The van der Waals surface area contributed by atoms with Crippen LogP contribution in [0.3, 0.4) is 0 Å². The van der Waals surface area contributed by atoms with E-state index in [2.05, 4.69) is 0 Å². The van der Waals surface area contributed by atoms with Crippen LogP contribution in [-0.4, -0.2) is 5.11 Å². The fraction of sp³-hybridized carbons (Fsp3) is 0.333. The molecule has 1 rings (SSSR count). The second kappa shape index (κ2) is 2.69. The van der Waals surface area contributed by atoms with Gasteiger partial charge in [-0.15, -0.1) is 11.3 Å². The van der Waals surface area contributed by atoms with Crippen LogP contribution in [0.15, 0.2) is 11.4 Å².